The molecule has 2 aromatic carbocycles. The Kier molecular flexibility index (Phi) is 7.09. The highest BCUT2D eigenvalue weighted by atomic mass is 35.5. The van der Waals surface area contributed by atoms with Crippen LogP contribution >= 0.6 is 23.7 Å². The van der Waals surface area contributed by atoms with Crippen LogP contribution in [0.3, 0.4) is 0 Å². The van der Waals surface area contributed by atoms with Gasteiger partial charge in [-0.1, -0.05) is 18.1 Å². The highest BCUT2D eigenvalue weighted by molar-refractivity contribution is 8.00. The summed E-state index contributed by atoms with van der Waals surface area (Å²) in [5, 5.41) is 9.37. The molecular weight excluding hydrogens is 450 g/mol. The number of ether oxygens (including phenoxy) is 2. The molecule has 0 aliphatic rings. The molecule has 2 aromatic heterocycles. The number of anilines is 1. The Morgan fingerprint density at radius 2 is 1.94 bits per heavy atom. The smallest absolute Gasteiger partial charge is 0.191 e. The van der Waals surface area contributed by atoms with E-state index in [9.17, 15) is 0 Å². The Morgan fingerprint density at radius 1 is 1.09 bits per heavy atom. The van der Waals surface area contributed by atoms with Crippen LogP contribution in [0.2, 0.25) is 0 Å². The van der Waals surface area contributed by atoms with Gasteiger partial charge < -0.3 is 18.7 Å². The number of hydrogen-bond acceptors (Lipinski definition) is 8. The van der Waals surface area contributed by atoms with E-state index in [4.69, 9.17) is 25.8 Å². The fraction of sp³-hybridized carbons (Fsp3) is 0.273. The lowest BCUT2D eigenvalue weighted by molar-refractivity contribution is 0.404. The van der Waals surface area contributed by atoms with E-state index in [1.54, 1.807) is 20.4 Å². The molecule has 32 heavy (non-hydrogen) atoms. The second kappa shape index (κ2) is 10.2. The van der Waals surface area contributed by atoms with Gasteiger partial charge in [0.15, 0.2) is 11.4 Å². The molecule has 0 fully saturated rings. The monoisotopic (exact) mass is 473 g/mol. The van der Waals surface area contributed by atoms with Crippen LogP contribution < -0.4 is 19.0 Å². The molecule has 0 bridgehead atoms. The molecule has 0 aliphatic heterocycles. The Labute approximate surface area is 195 Å². The first-order valence-electron chi connectivity index (χ1n) is 10.1. The van der Waals surface area contributed by atoms with Gasteiger partial charge in [-0.05, 0) is 65.5 Å². The van der Waals surface area contributed by atoms with E-state index in [0.29, 0.717) is 30.2 Å². The standard InChI is InChI=1S/C22H24ClN5O3S/c1-4-14-5-6-17(29-2)20(9-14)32-27-22-21-18(30-3)7-15(8-19(21)31-26-22)12-28-13-16(10-24-23)11-25-28/h5-9,11,13,24H,4,10,12H2,1-3H3,(H,26,27). The van der Waals surface area contributed by atoms with E-state index in [-0.39, 0.29) is 0 Å². The van der Waals surface area contributed by atoms with Gasteiger partial charge in [0.1, 0.15) is 16.9 Å². The summed E-state index contributed by atoms with van der Waals surface area (Å²) in [5.41, 5.74) is 3.84. The summed E-state index contributed by atoms with van der Waals surface area (Å²) in [6, 6.07) is 10.1. The molecule has 0 saturated heterocycles. The summed E-state index contributed by atoms with van der Waals surface area (Å²) >= 11 is 7.00. The minimum absolute atomic E-state index is 0.546. The van der Waals surface area contributed by atoms with Gasteiger partial charge >= 0.3 is 0 Å². The van der Waals surface area contributed by atoms with Crippen LogP contribution in [0.5, 0.6) is 11.5 Å². The Morgan fingerprint density at radius 3 is 2.69 bits per heavy atom. The second-order valence-electron chi connectivity index (χ2n) is 7.10. The van der Waals surface area contributed by atoms with Crippen molar-refractivity contribution in [3.8, 4) is 11.5 Å². The molecule has 0 unspecified atom stereocenters. The fourth-order valence-electron chi connectivity index (χ4n) is 3.38. The molecule has 0 radical (unpaired) electrons. The van der Waals surface area contributed by atoms with Crippen LogP contribution in [0.25, 0.3) is 11.0 Å². The summed E-state index contributed by atoms with van der Waals surface area (Å²) in [4.78, 5) is 3.57. The first-order chi connectivity index (χ1) is 15.6. The zero-order chi connectivity index (χ0) is 22.5. The SMILES string of the molecule is CCc1ccc(OC)c(SNc2noc3cc(Cn4cc(CNCl)cn4)cc(OC)c23)c1. The van der Waals surface area contributed by atoms with Crippen molar-refractivity contribution >= 4 is 40.5 Å². The number of fused-ring (bicyclic) bond motifs is 1. The van der Waals surface area contributed by atoms with Crippen LogP contribution in [0.15, 0.2) is 52.1 Å². The molecule has 168 valence electrons. The number of methoxy groups -OCH3 is 2. The summed E-state index contributed by atoms with van der Waals surface area (Å²) in [7, 11) is 3.30. The summed E-state index contributed by atoms with van der Waals surface area (Å²) < 4.78 is 21.9. The van der Waals surface area contributed by atoms with Gasteiger partial charge in [-0.25, -0.2) is 4.84 Å². The molecule has 0 aliphatic carbocycles. The lowest BCUT2D eigenvalue weighted by Crippen LogP contribution is -2.01. The number of benzene rings is 2. The van der Waals surface area contributed by atoms with E-state index in [2.05, 4.69) is 38.9 Å². The molecule has 10 heteroatoms. The number of hydrogen-bond donors (Lipinski definition) is 2. The maximum absolute atomic E-state index is 5.65. The zero-order valence-corrected chi connectivity index (χ0v) is 19.6. The van der Waals surface area contributed by atoms with Crippen LogP contribution in [0, 0.1) is 0 Å². The number of nitrogens with one attached hydrogen (secondary N) is 2. The van der Waals surface area contributed by atoms with Crippen LogP contribution in [0.4, 0.5) is 5.82 Å². The highest BCUT2D eigenvalue weighted by Gasteiger charge is 2.17. The van der Waals surface area contributed by atoms with Crippen molar-refractivity contribution in [1.29, 1.82) is 0 Å². The number of halogens is 1. The lowest BCUT2D eigenvalue weighted by atomic mass is 10.1. The van der Waals surface area contributed by atoms with Gasteiger partial charge in [-0.15, -0.1) is 0 Å². The lowest BCUT2D eigenvalue weighted by Gasteiger charge is -2.11. The van der Waals surface area contributed by atoms with Crippen LogP contribution in [-0.2, 0) is 19.5 Å². The largest absolute Gasteiger partial charge is 0.496 e. The number of aryl methyl sites for hydroxylation is 1. The molecular formula is C22H24ClN5O3S. The van der Waals surface area contributed by atoms with Crippen molar-refractivity contribution in [2.45, 2.75) is 31.3 Å². The molecule has 0 amide bonds. The molecule has 4 aromatic rings. The normalized spacial score (nSPS) is 11.1. The minimum atomic E-state index is 0.546. The Bertz CT molecular complexity index is 1210. The van der Waals surface area contributed by atoms with E-state index in [1.807, 2.05) is 29.1 Å². The fourth-order valence-corrected chi connectivity index (χ4v) is 4.35. The third-order valence-corrected chi connectivity index (χ3v) is 5.98. The zero-order valence-electron chi connectivity index (χ0n) is 18.0. The summed E-state index contributed by atoms with van der Waals surface area (Å²) in [5.74, 6) is 2.06. The van der Waals surface area contributed by atoms with Gasteiger partial charge in [0, 0.05) is 18.3 Å². The molecule has 0 atom stereocenters. The molecule has 0 saturated carbocycles. The minimum Gasteiger partial charge on any atom is -0.496 e. The van der Waals surface area contributed by atoms with Crippen molar-refractivity contribution < 1.29 is 14.0 Å². The van der Waals surface area contributed by atoms with Gasteiger partial charge in [0.2, 0.25) is 0 Å². The third kappa shape index (κ3) is 4.79. The van der Waals surface area contributed by atoms with Gasteiger partial charge in [0.25, 0.3) is 0 Å². The van der Waals surface area contributed by atoms with Gasteiger partial charge in [-0.2, -0.15) is 5.10 Å². The average Bonchev–Trinajstić information content (AvgIpc) is 3.43. The summed E-state index contributed by atoms with van der Waals surface area (Å²) in [6.07, 6.45) is 4.66. The van der Waals surface area contributed by atoms with Crippen molar-refractivity contribution in [2.75, 3.05) is 18.9 Å². The third-order valence-electron chi connectivity index (χ3n) is 5.01. The van der Waals surface area contributed by atoms with Crippen molar-refractivity contribution in [2.24, 2.45) is 0 Å². The maximum atomic E-state index is 5.65. The van der Waals surface area contributed by atoms with Gasteiger partial charge in [-0.3, -0.25) is 4.68 Å². The van der Waals surface area contributed by atoms with Gasteiger partial charge in [0.05, 0.1) is 31.9 Å². The molecule has 0 spiro atoms. The molecule has 2 heterocycles. The summed E-state index contributed by atoms with van der Waals surface area (Å²) in [6.45, 7) is 3.23. The first kappa shape index (κ1) is 22.3. The second-order valence-corrected chi connectivity index (χ2v) is 8.22. The number of nitrogens with zero attached hydrogens (tertiary/aromatic N) is 3. The quantitative estimate of drug-likeness (QED) is 0.245. The first-order valence-corrected chi connectivity index (χ1v) is 11.3. The number of rotatable bonds is 10. The van der Waals surface area contributed by atoms with E-state index >= 15 is 0 Å². The number of aromatic nitrogens is 3. The topological polar surface area (TPSA) is 86.4 Å². The molecule has 2 N–H and O–H groups in total. The van der Waals surface area contributed by atoms with Crippen molar-refractivity contribution in [3.05, 3.63) is 59.4 Å². The molecule has 8 nitrogen and oxygen atoms in total. The predicted molar refractivity (Wildman–Crippen MR) is 126 cm³/mol. The molecule has 4 rings (SSSR count). The maximum Gasteiger partial charge on any atom is 0.191 e. The van der Waals surface area contributed by atoms with Crippen LogP contribution in [0.1, 0.15) is 23.6 Å². The van der Waals surface area contributed by atoms with E-state index in [1.165, 1.54) is 17.5 Å². The Hall–Kier alpha value is -2.88. The highest BCUT2D eigenvalue weighted by Crippen LogP contribution is 2.37. The van der Waals surface area contributed by atoms with Crippen LogP contribution in [-0.4, -0.2) is 29.2 Å². The Balaban J connectivity index is 1.57. The van der Waals surface area contributed by atoms with E-state index in [0.717, 1.165) is 33.6 Å². The average molecular weight is 474 g/mol. The van der Waals surface area contributed by atoms with E-state index < -0.39 is 0 Å². The predicted octanol–water partition coefficient (Wildman–Crippen LogP) is 5.01. The van der Waals surface area contributed by atoms with Crippen molar-refractivity contribution in [3.63, 3.8) is 0 Å². The van der Waals surface area contributed by atoms with Crippen molar-refractivity contribution in [1.82, 2.24) is 19.8 Å².